The molecule has 0 saturated carbocycles. The van der Waals surface area contributed by atoms with Crippen LogP contribution in [-0.4, -0.2) is 33.1 Å². The molecular formula is C15H26N4. The summed E-state index contributed by atoms with van der Waals surface area (Å²) in [5.41, 5.74) is 7.40. The van der Waals surface area contributed by atoms with Crippen molar-refractivity contribution in [2.45, 2.75) is 70.6 Å². The third-order valence-corrected chi connectivity index (χ3v) is 4.67. The SMILES string of the molecule is CC(C)N1CCCCC1c1ncc2n1CCC(N)C2. The molecule has 3 heterocycles. The zero-order chi connectivity index (χ0) is 13.4. The van der Waals surface area contributed by atoms with Gasteiger partial charge in [0.1, 0.15) is 5.82 Å². The van der Waals surface area contributed by atoms with E-state index in [0.717, 1.165) is 19.4 Å². The summed E-state index contributed by atoms with van der Waals surface area (Å²) in [7, 11) is 0. The highest BCUT2D eigenvalue weighted by molar-refractivity contribution is 5.13. The number of fused-ring (bicyclic) bond motifs is 1. The Balaban J connectivity index is 1.88. The van der Waals surface area contributed by atoms with E-state index < -0.39 is 0 Å². The number of nitrogens with zero attached hydrogens (tertiary/aromatic N) is 3. The largest absolute Gasteiger partial charge is 0.331 e. The molecule has 1 aromatic heterocycles. The first-order chi connectivity index (χ1) is 9.16. The van der Waals surface area contributed by atoms with Gasteiger partial charge in [0.2, 0.25) is 0 Å². The molecule has 0 spiro atoms. The third kappa shape index (κ3) is 2.43. The van der Waals surface area contributed by atoms with Crippen molar-refractivity contribution < 1.29 is 0 Å². The monoisotopic (exact) mass is 262 g/mol. The number of likely N-dealkylation sites (tertiary alicyclic amines) is 1. The van der Waals surface area contributed by atoms with Gasteiger partial charge in [-0.15, -0.1) is 0 Å². The van der Waals surface area contributed by atoms with Crippen molar-refractivity contribution in [2.75, 3.05) is 6.54 Å². The molecular weight excluding hydrogens is 236 g/mol. The normalized spacial score (nSPS) is 28.6. The minimum absolute atomic E-state index is 0.324. The molecule has 0 aromatic carbocycles. The summed E-state index contributed by atoms with van der Waals surface area (Å²) >= 11 is 0. The Morgan fingerprint density at radius 1 is 1.26 bits per heavy atom. The van der Waals surface area contributed by atoms with Crippen molar-refractivity contribution in [3.8, 4) is 0 Å². The molecule has 2 atom stereocenters. The first-order valence-corrected chi connectivity index (χ1v) is 7.72. The maximum absolute atomic E-state index is 6.06. The second-order valence-corrected chi connectivity index (χ2v) is 6.36. The molecule has 2 aliphatic rings. The van der Waals surface area contributed by atoms with Crippen LogP contribution in [0.15, 0.2) is 6.20 Å². The molecule has 19 heavy (non-hydrogen) atoms. The molecule has 0 radical (unpaired) electrons. The number of rotatable bonds is 2. The molecule has 3 rings (SSSR count). The lowest BCUT2D eigenvalue weighted by atomic mass is 9.99. The van der Waals surface area contributed by atoms with E-state index in [1.54, 1.807) is 0 Å². The molecule has 0 amide bonds. The van der Waals surface area contributed by atoms with Gasteiger partial charge in [-0.1, -0.05) is 6.42 Å². The van der Waals surface area contributed by atoms with Gasteiger partial charge in [-0.05, 0) is 39.7 Å². The molecule has 106 valence electrons. The summed E-state index contributed by atoms with van der Waals surface area (Å²) in [5.74, 6) is 1.29. The first kappa shape index (κ1) is 13.1. The van der Waals surface area contributed by atoms with Crippen LogP contribution in [0.2, 0.25) is 0 Å². The van der Waals surface area contributed by atoms with Crippen LogP contribution in [-0.2, 0) is 13.0 Å². The van der Waals surface area contributed by atoms with Gasteiger partial charge in [0.25, 0.3) is 0 Å². The van der Waals surface area contributed by atoms with Crippen LogP contribution in [0.1, 0.15) is 57.1 Å². The smallest absolute Gasteiger partial charge is 0.126 e. The molecule has 4 heteroatoms. The minimum Gasteiger partial charge on any atom is -0.331 e. The minimum atomic E-state index is 0.324. The van der Waals surface area contributed by atoms with E-state index in [1.807, 2.05) is 0 Å². The van der Waals surface area contributed by atoms with E-state index in [1.165, 1.54) is 37.3 Å². The Morgan fingerprint density at radius 2 is 2.11 bits per heavy atom. The van der Waals surface area contributed by atoms with Gasteiger partial charge < -0.3 is 10.3 Å². The maximum Gasteiger partial charge on any atom is 0.126 e. The molecule has 0 aliphatic carbocycles. The predicted molar refractivity (Wildman–Crippen MR) is 77.0 cm³/mol. The van der Waals surface area contributed by atoms with Crippen molar-refractivity contribution in [1.29, 1.82) is 0 Å². The van der Waals surface area contributed by atoms with Crippen LogP contribution in [0, 0.1) is 0 Å². The first-order valence-electron chi connectivity index (χ1n) is 7.72. The highest BCUT2D eigenvalue weighted by atomic mass is 15.2. The number of nitrogens with two attached hydrogens (primary N) is 1. The average Bonchev–Trinajstić information content (AvgIpc) is 2.81. The fourth-order valence-electron chi connectivity index (χ4n) is 3.63. The van der Waals surface area contributed by atoms with Gasteiger partial charge in [0.15, 0.2) is 0 Å². The van der Waals surface area contributed by atoms with Gasteiger partial charge in [-0.2, -0.15) is 0 Å². The summed E-state index contributed by atoms with van der Waals surface area (Å²) < 4.78 is 2.44. The fourth-order valence-corrected chi connectivity index (χ4v) is 3.63. The molecule has 2 aliphatic heterocycles. The second-order valence-electron chi connectivity index (χ2n) is 6.36. The zero-order valence-electron chi connectivity index (χ0n) is 12.2. The number of piperidine rings is 1. The summed E-state index contributed by atoms with van der Waals surface area (Å²) in [6.45, 7) is 6.86. The molecule has 1 saturated heterocycles. The van der Waals surface area contributed by atoms with Crippen LogP contribution in [0.5, 0.6) is 0 Å². The van der Waals surface area contributed by atoms with E-state index in [0.29, 0.717) is 18.1 Å². The fraction of sp³-hybridized carbons (Fsp3) is 0.800. The molecule has 0 bridgehead atoms. The Kier molecular flexibility index (Phi) is 3.63. The lowest BCUT2D eigenvalue weighted by Crippen LogP contribution is -2.40. The predicted octanol–water partition coefficient (Wildman–Crippen LogP) is 2.09. The van der Waals surface area contributed by atoms with Gasteiger partial charge in [0.05, 0.1) is 6.04 Å². The van der Waals surface area contributed by atoms with Crippen molar-refractivity contribution in [3.05, 3.63) is 17.7 Å². The van der Waals surface area contributed by atoms with Crippen molar-refractivity contribution in [1.82, 2.24) is 14.5 Å². The molecule has 2 unspecified atom stereocenters. The van der Waals surface area contributed by atoms with Crippen LogP contribution >= 0.6 is 0 Å². The van der Waals surface area contributed by atoms with Crippen LogP contribution in [0.25, 0.3) is 0 Å². The Morgan fingerprint density at radius 3 is 2.89 bits per heavy atom. The Hall–Kier alpha value is -0.870. The van der Waals surface area contributed by atoms with Crippen LogP contribution < -0.4 is 5.73 Å². The van der Waals surface area contributed by atoms with E-state index in [4.69, 9.17) is 10.7 Å². The standard InChI is InChI=1S/C15H26N4/c1-11(2)18-7-4-3-5-14(18)15-17-10-13-9-12(16)6-8-19(13)15/h10-12,14H,3-9,16H2,1-2H3. The summed E-state index contributed by atoms with van der Waals surface area (Å²) in [4.78, 5) is 7.37. The highest BCUT2D eigenvalue weighted by Gasteiger charge is 2.31. The number of hydrogen-bond acceptors (Lipinski definition) is 3. The molecule has 1 fully saturated rings. The highest BCUT2D eigenvalue weighted by Crippen LogP contribution is 2.33. The summed E-state index contributed by atoms with van der Waals surface area (Å²) in [5, 5.41) is 0. The topological polar surface area (TPSA) is 47.1 Å². The van der Waals surface area contributed by atoms with Crippen molar-refractivity contribution in [3.63, 3.8) is 0 Å². The lowest BCUT2D eigenvalue weighted by molar-refractivity contribution is 0.103. The average molecular weight is 262 g/mol. The van der Waals surface area contributed by atoms with Crippen molar-refractivity contribution >= 4 is 0 Å². The molecule has 1 aromatic rings. The van der Waals surface area contributed by atoms with E-state index >= 15 is 0 Å². The van der Waals surface area contributed by atoms with E-state index in [-0.39, 0.29) is 0 Å². The van der Waals surface area contributed by atoms with Gasteiger partial charge >= 0.3 is 0 Å². The quantitative estimate of drug-likeness (QED) is 0.888. The zero-order valence-corrected chi connectivity index (χ0v) is 12.2. The third-order valence-electron chi connectivity index (χ3n) is 4.67. The molecule has 2 N–H and O–H groups in total. The summed E-state index contributed by atoms with van der Waals surface area (Å²) in [6.07, 6.45) is 8.04. The second kappa shape index (κ2) is 5.25. The summed E-state index contributed by atoms with van der Waals surface area (Å²) in [6, 6.07) is 1.44. The Bertz CT molecular complexity index is 437. The van der Waals surface area contributed by atoms with Crippen LogP contribution in [0.4, 0.5) is 0 Å². The van der Waals surface area contributed by atoms with E-state index in [9.17, 15) is 0 Å². The van der Waals surface area contributed by atoms with Gasteiger partial charge in [-0.3, -0.25) is 4.90 Å². The maximum atomic E-state index is 6.06. The number of imidazole rings is 1. The number of hydrogen-bond donors (Lipinski definition) is 1. The van der Waals surface area contributed by atoms with Gasteiger partial charge in [0, 0.05) is 36.9 Å². The van der Waals surface area contributed by atoms with E-state index in [2.05, 4.69) is 29.5 Å². The van der Waals surface area contributed by atoms with Gasteiger partial charge in [-0.25, -0.2) is 4.98 Å². The van der Waals surface area contributed by atoms with Crippen LogP contribution in [0.3, 0.4) is 0 Å². The van der Waals surface area contributed by atoms with Crippen molar-refractivity contribution in [2.24, 2.45) is 5.73 Å². The Labute approximate surface area is 116 Å². The molecule has 4 nitrogen and oxygen atoms in total. The lowest BCUT2D eigenvalue weighted by Gasteiger charge is -2.38. The number of aromatic nitrogens is 2.